The van der Waals surface area contributed by atoms with E-state index < -0.39 is 0 Å². The highest BCUT2D eigenvalue weighted by molar-refractivity contribution is 6.31. The summed E-state index contributed by atoms with van der Waals surface area (Å²) in [6.45, 7) is -0.0828. The van der Waals surface area contributed by atoms with Gasteiger partial charge in [0.05, 0.1) is 19.0 Å². The van der Waals surface area contributed by atoms with Gasteiger partial charge in [0.2, 0.25) is 5.91 Å². The minimum absolute atomic E-state index is 0.0828. The second-order valence-corrected chi connectivity index (χ2v) is 5.46. The molecule has 0 aliphatic heterocycles. The van der Waals surface area contributed by atoms with Crippen LogP contribution in [0, 0.1) is 0 Å². The molecule has 0 radical (unpaired) electrons. The Morgan fingerprint density at radius 1 is 1.33 bits per heavy atom. The average Bonchev–Trinajstić information content (AvgIpc) is 2.94. The molecule has 0 fully saturated rings. The maximum Gasteiger partial charge on any atom is 0.322 e. The van der Waals surface area contributed by atoms with Crippen molar-refractivity contribution in [3.63, 3.8) is 0 Å². The molecule has 1 heterocycles. The number of anilines is 2. The van der Waals surface area contributed by atoms with E-state index in [0.29, 0.717) is 16.5 Å². The summed E-state index contributed by atoms with van der Waals surface area (Å²) in [6.07, 6.45) is 1.45. The van der Waals surface area contributed by atoms with Crippen molar-refractivity contribution >= 4 is 35.0 Å². The number of benzene rings is 1. The zero-order chi connectivity index (χ0) is 17.7. The summed E-state index contributed by atoms with van der Waals surface area (Å²) in [6, 6.07) is 4.56. The fourth-order valence-electron chi connectivity index (χ4n) is 1.77. The van der Waals surface area contributed by atoms with E-state index in [-0.39, 0.29) is 24.3 Å². The summed E-state index contributed by atoms with van der Waals surface area (Å²) >= 11 is 5.92. The van der Waals surface area contributed by atoms with Crippen molar-refractivity contribution in [1.29, 1.82) is 0 Å². The van der Waals surface area contributed by atoms with Gasteiger partial charge in [-0.2, -0.15) is 0 Å². The van der Waals surface area contributed by atoms with Crippen LogP contribution in [-0.2, 0) is 11.3 Å². The first-order valence-electron chi connectivity index (χ1n) is 6.91. The number of carbonyl (C=O) groups is 2. The van der Waals surface area contributed by atoms with Gasteiger partial charge in [0.25, 0.3) is 0 Å². The summed E-state index contributed by atoms with van der Waals surface area (Å²) in [5.41, 5.74) is 0.455. The van der Waals surface area contributed by atoms with Crippen LogP contribution in [0.15, 0.2) is 24.4 Å². The molecule has 9 nitrogen and oxygen atoms in total. The largest absolute Gasteiger partial charge is 0.495 e. The van der Waals surface area contributed by atoms with Gasteiger partial charge < -0.3 is 15.0 Å². The number of hydrogen-bond acceptors (Lipinski definition) is 5. The number of ether oxygens (including phenoxy) is 1. The molecule has 1 aromatic heterocycles. The summed E-state index contributed by atoms with van der Waals surface area (Å²) in [5.74, 6) is 0.401. The third kappa shape index (κ3) is 4.59. The molecule has 0 bridgehead atoms. The molecule has 0 aliphatic rings. The number of nitrogens with zero attached hydrogens (tertiary/aromatic N) is 4. The minimum atomic E-state index is -0.342. The molecule has 0 saturated carbocycles. The van der Waals surface area contributed by atoms with Gasteiger partial charge in [0.15, 0.2) is 5.82 Å². The number of aromatic nitrogens is 3. The zero-order valence-corrected chi connectivity index (χ0v) is 14.2. The molecule has 24 heavy (non-hydrogen) atoms. The fraction of sp³-hybridized carbons (Fsp3) is 0.286. The van der Waals surface area contributed by atoms with Gasteiger partial charge in [-0.15, -0.1) is 5.10 Å². The number of hydrogen-bond donors (Lipinski definition) is 2. The molecular formula is C14H17ClN6O3. The molecule has 1 aromatic carbocycles. The van der Waals surface area contributed by atoms with Crippen molar-refractivity contribution in [3.8, 4) is 5.75 Å². The summed E-state index contributed by atoms with van der Waals surface area (Å²) < 4.78 is 6.46. The molecule has 128 valence electrons. The third-order valence-corrected chi connectivity index (χ3v) is 3.16. The van der Waals surface area contributed by atoms with E-state index in [1.165, 1.54) is 22.9 Å². The Balaban J connectivity index is 1.99. The maximum atomic E-state index is 12.1. The van der Waals surface area contributed by atoms with Gasteiger partial charge in [0, 0.05) is 19.1 Å². The van der Waals surface area contributed by atoms with E-state index in [1.807, 2.05) is 0 Å². The molecule has 2 N–H and O–H groups in total. The number of amides is 3. The number of carbonyl (C=O) groups excluding carboxylic acids is 2. The van der Waals surface area contributed by atoms with Crippen molar-refractivity contribution in [1.82, 2.24) is 19.9 Å². The van der Waals surface area contributed by atoms with Gasteiger partial charge in [-0.25, -0.2) is 9.48 Å². The van der Waals surface area contributed by atoms with E-state index in [0.717, 1.165) is 0 Å². The molecule has 0 saturated heterocycles. The lowest BCUT2D eigenvalue weighted by molar-refractivity contribution is -0.116. The van der Waals surface area contributed by atoms with Gasteiger partial charge in [-0.3, -0.25) is 10.1 Å². The van der Waals surface area contributed by atoms with Gasteiger partial charge in [0.1, 0.15) is 12.3 Å². The van der Waals surface area contributed by atoms with Crippen LogP contribution in [0.2, 0.25) is 5.02 Å². The quantitative estimate of drug-likeness (QED) is 0.852. The Morgan fingerprint density at radius 3 is 2.75 bits per heavy atom. The van der Waals surface area contributed by atoms with Crippen LogP contribution in [0.4, 0.5) is 16.3 Å². The van der Waals surface area contributed by atoms with Gasteiger partial charge in [-0.1, -0.05) is 16.8 Å². The highest BCUT2D eigenvalue weighted by Crippen LogP contribution is 2.27. The van der Waals surface area contributed by atoms with E-state index in [2.05, 4.69) is 20.9 Å². The van der Waals surface area contributed by atoms with Crippen LogP contribution in [0.5, 0.6) is 5.75 Å². The molecule has 0 spiro atoms. The van der Waals surface area contributed by atoms with Crippen LogP contribution in [0.25, 0.3) is 0 Å². The van der Waals surface area contributed by atoms with Gasteiger partial charge in [-0.05, 0) is 18.2 Å². The van der Waals surface area contributed by atoms with E-state index in [4.69, 9.17) is 16.3 Å². The molecule has 10 heteroatoms. The van der Waals surface area contributed by atoms with Crippen LogP contribution >= 0.6 is 11.6 Å². The molecule has 0 atom stereocenters. The van der Waals surface area contributed by atoms with Crippen LogP contribution in [-0.4, -0.2) is 53.0 Å². The Bertz CT molecular complexity index is 746. The Hall–Kier alpha value is -2.81. The van der Waals surface area contributed by atoms with Gasteiger partial charge >= 0.3 is 6.03 Å². The topological polar surface area (TPSA) is 101 Å². The second-order valence-electron chi connectivity index (χ2n) is 5.02. The molecule has 2 rings (SSSR count). The normalized spacial score (nSPS) is 10.2. The standard InChI is InChI=1S/C14H17ClN6O3/c1-20(2)14(23)17-12-7-21(19-18-12)8-13(22)16-10-6-9(15)4-5-11(10)24-3/h4-7H,8H2,1-3H3,(H,16,22)(H,17,23). The predicted octanol–water partition coefficient (Wildman–Crippen LogP) is 1.67. The highest BCUT2D eigenvalue weighted by atomic mass is 35.5. The lowest BCUT2D eigenvalue weighted by Crippen LogP contribution is -2.27. The molecule has 0 unspecified atom stereocenters. The summed E-state index contributed by atoms with van der Waals surface area (Å²) in [4.78, 5) is 25.0. The van der Waals surface area contributed by atoms with E-state index in [1.54, 1.807) is 32.3 Å². The first-order valence-corrected chi connectivity index (χ1v) is 7.28. The summed E-state index contributed by atoms with van der Waals surface area (Å²) in [5, 5.41) is 13.3. The maximum absolute atomic E-state index is 12.1. The first kappa shape index (κ1) is 17.5. The van der Waals surface area contributed by atoms with Crippen molar-refractivity contribution < 1.29 is 14.3 Å². The summed E-state index contributed by atoms with van der Waals surface area (Å²) in [7, 11) is 4.70. The van der Waals surface area contributed by atoms with Crippen molar-refractivity contribution in [3.05, 3.63) is 29.4 Å². The minimum Gasteiger partial charge on any atom is -0.495 e. The van der Waals surface area contributed by atoms with Crippen LogP contribution in [0.1, 0.15) is 0 Å². The molecule has 3 amide bonds. The Kier molecular flexibility index (Phi) is 5.59. The zero-order valence-electron chi connectivity index (χ0n) is 13.4. The average molecular weight is 353 g/mol. The lowest BCUT2D eigenvalue weighted by Gasteiger charge is -2.10. The number of methoxy groups -OCH3 is 1. The Morgan fingerprint density at radius 2 is 2.08 bits per heavy atom. The Labute approximate surface area is 143 Å². The number of nitrogens with one attached hydrogen (secondary N) is 2. The van der Waals surface area contributed by atoms with Crippen molar-refractivity contribution in [2.75, 3.05) is 31.8 Å². The number of rotatable bonds is 5. The van der Waals surface area contributed by atoms with E-state index >= 15 is 0 Å². The molecular weight excluding hydrogens is 336 g/mol. The fourth-order valence-corrected chi connectivity index (χ4v) is 1.94. The smallest absolute Gasteiger partial charge is 0.322 e. The van der Waals surface area contributed by atoms with Crippen molar-refractivity contribution in [2.45, 2.75) is 6.54 Å². The van der Waals surface area contributed by atoms with Crippen molar-refractivity contribution in [2.24, 2.45) is 0 Å². The molecule has 0 aliphatic carbocycles. The number of urea groups is 1. The van der Waals surface area contributed by atoms with Crippen LogP contribution < -0.4 is 15.4 Å². The SMILES string of the molecule is COc1ccc(Cl)cc1NC(=O)Cn1cc(NC(=O)N(C)C)nn1. The lowest BCUT2D eigenvalue weighted by atomic mass is 10.3. The van der Waals surface area contributed by atoms with Crippen LogP contribution in [0.3, 0.4) is 0 Å². The highest BCUT2D eigenvalue weighted by Gasteiger charge is 2.12. The molecule has 2 aromatic rings. The number of halogens is 1. The first-order chi connectivity index (χ1) is 11.4. The monoisotopic (exact) mass is 352 g/mol. The second kappa shape index (κ2) is 7.64. The third-order valence-electron chi connectivity index (χ3n) is 2.92. The van der Waals surface area contributed by atoms with E-state index in [9.17, 15) is 9.59 Å². The predicted molar refractivity (Wildman–Crippen MR) is 89.4 cm³/mol.